The van der Waals surface area contributed by atoms with Crippen molar-refractivity contribution >= 4 is 7.85 Å². The normalized spacial score (nSPS) is 51.5. The minimum Gasteiger partial charge on any atom is -0.394 e. The Morgan fingerprint density at radius 2 is 2.09 bits per heavy atom. The van der Waals surface area contributed by atoms with E-state index in [-0.39, 0.29) is 6.61 Å². The molecule has 5 heteroatoms. The van der Waals surface area contributed by atoms with Crippen molar-refractivity contribution in [1.29, 1.82) is 0 Å². The fourth-order valence-corrected chi connectivity index (χ4v) is 1.29. The molecule has 0 spiro atoms. The van der Waals surface area contributed by atoms with Crippen molar-refractivity contribution < 1.29 is 20.1 Å². The SMILES string of the molecule is BC1(C)OC(CO)C(O)C1O. The summed E-state index contributed by atoms with van der Waals surface area (Å²) >= 11 is 0. The summed E-state index contributed by atoms with van der Waals surface area (Å²) in [5, 5.41) is 27.3. The highest BCUT2D eigenvalue weighted by atomic mass is 16.6. The van der Waals surface area contributed by atoms with Gasteiger partial charge in [-0.05, 0) is 6.92 Å². The summed E-state index contributed by atoms with van der Waals surface area (Å²) in [5.74, 6) is 0. The molecule has 4 unspecified atom stereocenters. The second-order valence-electron chi connectivity index (χ2n) is 3.38. The lowest BCUT2D eigenvalue weighted by Crippen LogP contribution is -2.40. The van der Waals surface area contributed by atoms with Gasteiger partial charge in [-0.1, -0.05) is 0 Å². The van der Waals surface area contributed by atoms with Gasteiger partial charge in [0.25, 0.3) is 0 Å². The molecule has 0 aromatic heterocycles. The topological polar surface area (TPSA) is 69.9 Å². The zero-order valence-corrected chi connectivity index (χ0v) is 6.69. The van der Waals surface area contributed by atoms with Crippen molar-refractivity contribution in [2.75, 3.05) is 6.61 Å². The quantitative estimate of drug-likeness (QED) is 0.369. The molecule has 0 aliphatic carbocycles. The van der Waals surface area contributed by atoms with Crippen molar-refractivity contribution in [1.82, 2.24) is 0 Å². The summed E-state index contributed by atoms with van der Waals surface area (Å²) in [6.45, 7) is 1.41. The van der Waals surface area contributed by atoms with Crippen LogP contribution in [0.2, 0.25) is 0 Å². The summed E-state index contributed by atoms with van der Waals surface area (Å²) in [7, 11) is 1.68. The predicted octanol–water partition coefficient (Wildman–Crippen LogP) is -2.55. The molecule has 4 atom stereocenters. The molecule has 1 rings (SSSR count). The van der Waals surface area contributed by atoms with Crippen molar-refractivity contribution in [3.63, 3.8) is 0 Å². The Kier molecular flexibility index (Phi) is 2.25. The number of hydrogen-bond donors (Lipinski definition) is 3. The van der Waals surface area contributed by atoms with E-state index < -0.39 is 23.8 Å². The molecule has 1 aliphatic heterocycles. The van der Waals surface area contributed by atoms with Gasteiger partial charge in [0.05, 0.1) is 12.1 Å². The lowest BCUT2D eigenvalue weighted by molar-refractivity contribution is -0.0333. The van der Waals surface area contributed by atoms with E-state index in [1.165, 1.54) is 0 Å². The van der Waals surface area contributed by atoms with Crippen LogP contribution in [-0.2, 0) is 4.74 Å². The molecule has 0 amide bonds. The van der Waals surface area contributed by atoms with Gasteiger partial charge < -0.3 is 20.1 Å². The van der Waals surface area contributed by atoms with Crippen LogP contribution in [0.3, 0.4) is 0 Å². The van der Waals surface area contributed by atoms with Crippen molar-refractivity contribution in [3.05, 3.63) is 0 Å². The van der Waals surface area contributed by atoms with E-state index in [1.54, 1.807) is 14.8 Å². The van der Waals surface area contributed by atoms with Crippen LogP contribution in [0.25, 0.3) is 0 Å². The van der Waals surface area contributed by atoms with Crippen LogP contribution in [0, 0.1) is 0 Å². The predicted molar refractivity (Wildman–Crippen MR) is 40.9 cm³/mol. The molecule has 64 valence electrons. The Labute approximate surface area is 66.2 Å². The zero-order valence-electron chi connectivity index (χ0n) is 6.69. The summed E-state index contributed by atoms with van der Waals surface area (Å²) in [4.78, 5) is 0. The molecule has 1 fully saturated rings. The van der Waals surface area contributed by atoms with E-state index in [9.17, 15) is 10.2 Å². The van der Waals surface area contributed by atoms with Gasteiger partial charge in [-0.2, -0.15) is 0 Å². The lowest BCUT2D eigenvalue weighted by atomic mass is 9.78. The maximum atomic E-state index is 9.34. The van der Waals surface area contributed by atoms with E-state index in [1.807, 2.05) is 0 Å². The molecule has 4 nitrogen and oxygen atoms in total. The highest BCUT2D eigenvalue weighted by molar-refractivity contribution is 6.15. The number of rotatable bonds is 1. The molecule has 0 radical (unpaired) electrons. The minimum absolute atomic E-state index is 0.262. The Balaban J connectivity index is 2.69. The molecule has 11 heavy (non-hydrogen) atoms. The second-order valence-corrected chi connectivity index (χ2v) is 3.38. The van der Waals surface area contributed by atoms with Crippen LogP contribution in [0.1, 0.15) is 6.92 Å². The first-order valence-electron chi connectivity index (χ1n) is 3.64. The molecule has 3 N–H and O–H groups in total. The van der Waals surface area contributed by atoms with Gasteiger partial charge in [0.15, 0.2) is 0 Å². The Morgan fingerprint density at radius 3 is 2.27 bits per heavy atom. The maximum Gasteiger partial charge on any atom is 0.146 e. The van der Waals surface area contributed by atoms with Gasteiger partial charge in [0, 0.05) is 0 Å². The Morgan fingerprint density at radius 1 is 1.55 bits per heavy atom. The third-order valence-electron chi connectivity index (χ3n) is 2.05. The largest absolute Gasteiger partial charge is 0.394 e. The lowest BCUT2D eigenvalue weighted by Gasteiger charge is -2.21. The third-order valence-corrected chi connectivity index (χ3v) is 2.05. The van der Waals surface area contributed by atoms with Gasteiger partial charge >= 0.3 is 0 Å². The van der Waals surface area contributed by atoms with Gasteiger partial charge in [0.2, 0.25) is 0 Å². The van der Waals surface area contributed by atoms with E-state index in [0.29, 0.717) is 0 Å². The molecule has 0 aromatic carbocycles. The van der Waals surface area contributed by atoms with Crippen molar-refractivity contribution in [2.24, 2.45) is 0 Å². The number of aliphatic hydroxyl groups is 3. The third kappa shape index (κ3) is 1.42. The minimum atomic E-state index is -0.977. The molecule has 1 aliphatic rings. The molecule has 0 aromatic rings. The van der Waals surface area contributed by atoms with E-state index in [2.05, 4.69) is 0 Å². The molecular weight excluding hydrogens is 147 g/mol. The van der Waals surface area contributed by atoms with Gasteiger partial charge in [-0.25, -0.2) is 0 Å². The van der Waals surface area contributed by atoms with E-state index in [0.717, 1.165) is 0 Å². The summed E-state index contributed by atoms with van der Waals surface area (Å²) < 4.78 is 5.17. The standard InChI is InChI=1S/C6H13BO4/c1-6(7)5(10)4(9)3(2-8)11-6/h3-5,8-10H,2,7H2,1H3. The average Bonchev–Trinajstić information content (AvgIpc) is 2.13. The molecule has 0 bridgehead atoms. The zero-order chi connectivity index (χ0) is 8.65. The molecular formula is C6H13BO4. The monoisotopic (exact) mass is 160 g/mol. The smallest absolute Gasteiger partial charge is 0.146 e. The van der Waals surface area contributed by atoms with Crippen molar-refractivity contribution in [3.8, 4) is 0 Å². The average molecular weight is 160 g/mol. The second kappa shape index (κ2) is 2.75. The highest BCUT2D eigenvalue weighted by Gasteiger charge is 2.47. The first-order chi connectivity index (χ1) is 4.99. The van der Waals surface area contributed by atoms with Crippen molar-refractivity contribution in [2.45, 2.75) is 30.7 Å². The number of hydrogen-bond acceptors (Lipinski definition) is 4. The first-order valence-corrected chi connectivity index (χ1v) is 3.64. The molecule has 1 heterocycles. The van der Waals surface area contributed by atoms with Crippen LogP contribution in [0.15, 0.2) is 0 Å². The summed E-state index contributed by atoms with van der Waals surface area (Å²) in [5.41, 5.74) is -0.757. The first kappa shape index (κ1) is 9.00. The Bertz CT molecular complexity index is 150. The highest BCUT2D eigenvalue weighted by Crippen LogP contribution is 2.27. The Hall–Kier alpha value is -0.0951. The van der Waals surface area contributed by atoms with Gasteiger partial charge in [-0.15, -0.1) is 0 Å². The van der Waals surface area contributed by atoms with E-state index >= 15 is 0 Å². The van der Waals surface area contributed by atoms with Gasteiger partial charge in [0.1, 0.15) is 26.2 Å². The van der Waals surface area contributed by atoms with Gasteiger partial charge in [-0.3, -0.25) is 0 Å². The summed E-state index contributed by atoms with van der Waals surface area (Å²) in [6.07, 6.45) is -2.55. The fraction of sp³-hybridized carbons (Fsp3) is 1.00. The number of ether oxygens (including phenoxy) is 1. The van der Waals surface area contributed by atoms with Crippen LogP contribution in [-0.4, -0.2) is 53.6 Å². The van der Waals surface area contributed by atoms with Crippen LogP contribution >= 0.6 is 0 Å². The number of aliphatic hydroxyl groups excluding tert-OH is 3. The molecule has 0 saturated carbocycles. The fourth-order valence-electron chi connectivity index (χ4n) is 1.29. The van der Waals surface area contributed by atoms with Crippen LogP contribution in [0.5, 0.6) is 0 Å². The maximum absolute atomic E-state index is 9.34. The van der Waals surface area contributed by atoms with Crippen LogP contribution < -0.4 is 0 Å². The molecule has 1 saturated heterocycles. The van der Waals surface area contributed by atoms with Crippen LogP contribution in [0.4, 0.5) is 0 Å². The van der Waals surface area contributed by atoms with E-state index in [4.69, 9.17) is 9.84 Å². The summed E-state index contributed by atoms with van der Waals surface area (Å²) in [6, 6.07) is 0.